The fourth-order valence-electron chi connectivity index (χ4n) is 1.65. The van der Waals surface area contributed by atoms with Crippen molar-refractivity contribution in [2.45, 2.75) is 20.4 Å². The fourth-order valence-corrected chi connectivity index (χ4v) is 1.65. The number of aliphatic carboxylic acids is 1. The van der Waals surface area contributed by atoms with Gasteiger partial charge in [0.15, 0.2) is 0 Å². The van der Waals surface area contributed by atoms with Crippen LogP contribution in [0.2, 0.25) is 0 Å². The SMILES string of the molecule is CN(Cc1cccc(C#N)c1)C(=O)C(C)(C)C(=O)O. The zero-order valence-corrected chi connectivity index (χ0v) is 11.2. The topological polar surface area (TPSA) is 81.4 Å². The molecule has 0 saturated carbocycles. The van der Waals surface area contributed by atoms with Crippen LogP contribution >= 0.6 is 0 Å². The number of carboxylic acids is 1. The number of carbonyl (C=O) groups is 2. The van der Waals surface area contributed by atoms with Gasteiger partial charge in [0.1, 0.15) is 5.41 Å². The number of nitrogens with zero attached hydrogens (tertiary/aromatic N) is 2. The van der Waals surface area contributed by atoms with Gasteiger partial charge >= 0.3 is 5.97 Å². The third kappa shape index (κ3) is 3.32. The summed E-state index contributed by atoms with van der Waals surface area (Å²) in [4.78, 5) is 24.4. The smallest absolute Gasteiger partial charge is 0.318 e. The third-order valence-corrected chi connectivity index (χ3v) is 2.89. The number of amides is 1. The Balaban J connectivity index is 2.85. The molecule has 0 heterocycles. The summed E-state index contributed by atoms with van der Waals surface area (Å²) in [6.07, 6.45) is 0. The molecular weight excluding hydrogens is 244 g/mol. The lowest BCUT2D eigenvalue weighted by Crippen LogP contribution is -2.43. The molecule has 1 rings (SSSR count). The Morgan fingerprint density at radius 3 is 2.58 bits per heavy atom. The lowest BCUT2D eigenvalue weighted by atomic mass is 9.92. The van der Waals surface area contributed by atoms with Crippen molar-refractivity contribution in [1.29, 1.82) is 5.26 Å². The van der Waals surface area contributed by atoms with Crippen LogP contribution in [0.1, 0.15) is 25.0 Å². The molecule has 5 nitrogen and oxygen atoms in total. The Kier molecular flexibility index (Phi) is 4.28. The van der Waals surface area contributed by atoms with E-state index in [-0.39, 0.29) is 6.54 Å². The lowest BCUT2D eigenvalue weighted by molar-refractivity contribution is -0.157. The van der Waals surface area contributed by atoms with Gasteiger partial charge in [-0.25, -0.2) is 0 Å². The third-order valence-electron chi connectivity index (χ3n) is 2.89. The van der Waals surface area contributed by atoms with Crippen molar-refractivity contribution < 1.29 is 14.7 Å². The molecule has 0 radical (unpaired) electrons. The van der Waals surface area contributed by atoms with E-state index in [0.717, 1.165) is 5.56 Å². The zero-order chi connectivity index (χ0) is 14.6. The second kappa shape index (κ2) is 5.53. The first-order chi connectivity index (χ1) is 8.78. The molecule has 1 aromatic rings. The Hall–Kier alpha value is -2.35. The van der Waals surface area contributed by atoms with Gasteiger partial charge in [-0.2, -0.15) is 5.26 Å². The van der Waals surface area contributed by atoms with Gasteiger partial charge in [-0.3, -0.25) is 9.59 Å². The Morgan fingerprint density at radius 1 is 1.42 bits per heavy atom. The Labute approximate surface area is 112 Å². The van der Waals surface area contributed by atoms with Gasteiger partial charge in [-0.05, 0) is 31.5 Å². The van der Waals surface area contributed by atoms with Crippen LogP contribution in [0.4, 0.5) is 0 Å². The van der Waals surface area contributed by atoms with E-state index in [9.17, 15) is 9.59 Å². The molecule has 0 unspecified atom stereocenters. The van der Waals surface area contributed by atoms with E-state index >= 15 is 0 Å². The van der Waals surface area contributed by atoms with Gasteiger partial charge < -0.3 is 10.0 Å². The maximum absolute atomic E-state index is 12.0. The Bertz CT molecular complexity index is 544. The molecule has 1 amide bonds. The van der Waals surface area contributed by atoms with Gasteiger partial charge in [0.25, 0.3) is 0 Å². The first-order valence-electron chi connectivity index (χ1n) is 5.77. The van der Waals surface area contributed by atoms with Gasteiger partial charge in [-0.15, -0.1) is 0 Å². The summed E-state index contributed by atoms with van der Waals surface area (Å²) >= 11 is 0. The number of rotatable bonds is 4. The summed E-state index contributed by atoms with van der Waals surface area (Å²) < 4.78 is 0. The van der Waals surface area contributed by atoms with E-state index < -0.39 is 17.3 Å². The number of benzene rings is 1. The molecule has 0 bridgehead atoms. The van der Waals surface area contributed by atoms with E-state index in [2.05, 4.69) is 0 Å². The highest BCUT2D eigenvalue weighted by molar-refractivity contribution is 6.00. The minimum Gasteiger partial charge on any atom is -0.480 e. The quantitative estimate of drug-likeness (QED) is 0.834. The van der Waals surface area contributed by atoms with Gasteiger partial charge in [0.2, 0.25) is 5.91 Å². The van der Waals surface area contributed by atoms with Crippen LogP contribution in [0.15, 0.2) is 24.3 Å². The molecule has 0 aliphatic rings. The molecule has 100 valence electrons. The highest BCUT2D eigenvalue weighted by atomic mass is 16.4. The van der Waals surface area contributed by atoms with Crippen LogP contribution < -0.4 is 0 Å². The van der Waals surface area contributed by atoms with E-state index in [1.807, 2.05) is 6.07 Å². The van der Waals surface area contributed by atoms with E-state index in [1.54, 1.807) is 31.3 Å². The zero-order valence-electron chi connectivity index (χ0n) is 11.2. The average Bonchev–Trinajstić information content (AvgIpc) is 2.37. The molecular formula is C14H16N2O3. The predicted molar refractivity (Wildman–Crippen MR) is 69.0 cm³/mol. The highest BCUT2D eigenvalue weighted by Crippen LogP contribution is 2.20. The van der Waals surface area contributed by atoms with Crippen molar-refractivity contribution in [3.63, 3.8) is 0 Å². The maximum Gasteiger partial charge on any atom is 0.318 e. The second-order valence-corrected chi connectivity index (χ2v) is 4.90. The number of carbonyl (C=O) groups excluding carboxylic acids is 1. The van der Waals surface area contributed by atoms with Crippen molar-refractivity contribution in [3.8, 4) is 6.07 Å². The van der Waals surface area contributed by atoms with E-state index in [4.69, 9.17) is 10.4 Å². The predicted octanol–water partition coefficient (Wildman–Crippen LogP) is 1.63. The molecule has 1 aromatic carbocycles. The molecule has 0 atom stereocenters. The van der Waals surface area contributed by atoms with Crippen molar-refractivity contribution in [1.82, 2.24) is 4.90 Å². The van der Waals surface area contributed by atoms with E-state index in [0.29, 0.717) is 5.56 Å². The minimum atomic E-state index is -1.46. The summed E-state index contributed by atoms with van der Waals surface area (Å²) in [5.41, 5.74) is -0.159. The molecule has 19 heavy (non-hydrogen) atoms. The fraction of sp³-hybridized carbons (Fsp3) is 0.357. The molecule has 1 N–H and O–H groups in total. The van der Waals surface area contributed by atoms with Crippen molar-refractivity contribution >= 4 is 11.9 Å². The largest absolute Gasteiger partial charge is 0.480 e. The van der Waals surface area contributed by atoms with Gasteiger partial charge in [-0.1, -0.05) is 12.1 Å². The number of hydrogen-bond acceptors (Lipinski definition) is 3. The van der Waals surface area contributed by atoms with Gasteiger partial charge in [0.05, 0.1) is 11.6 Å². The number of carboxylic acid groups (broad SMARTS) is 1. The molecule has 0 saturated heterocycles. The van der Waals surface area contributed by atoms with Crippen molar-refractivity contribution in [2.75, 3.05) is 7.05 Å². The van der Waals surface area contributed by atoms with Crippen molar-refractivity contribution in [2.24, 2.45) is 5.41 Å². The Morgan fingerprint density at radius 2 is 2.05 bits per heavy atom. The summed E-state index contributed by atoms with van der Waals surface area (Å²) in [7, 11) is 1.55. The standard InChI is InChI=1S/C14H16N2O3/c1-14(2,13(18)19)12(17)16(3)9-11-6-4-5-10(7-11)8-15/h4-7H,9H2,1-3H3,(H,18,19). The van der Waals surface area contributed by atoms with Crippen LogP contribution in [-0.4, -0.2) is 28.9 Å². The monoisotopic (exact) mass is 260 g/mol. The first kappa shape index (κ1) is 14.7. The number of nitriles is 1. The summed E-state index contributed by atoms with van der Waals surface area (Å²) in [6.45, 7) is 3.02. The van der Waals surface area contributed by atoms with Crippen molar-refractivity contribution in [3.05, 3.63) is 35.4 Å². The first-order valence-corrected chi connectivity index (χ1v) is 5.77. The van der Waals surface area contributed by atoms with Crippen LogP contribution in [0.5, 0.6) is 0 Å². The molecule has 0 spiro atoms. The van der Waals surface area contributed by atoms with Crippen LogP contribution in [-0.2, 0) is 16.1 Å². The molecule has 0 aliphatic heterocycles. The second-order valence-electron chi connectivity index (χ2n) is 4.90. The molecule has 0 aliphatic carbocycles. The summed E-state index contributed by atoms with van der Waals surface area (Å²) in [6, 6.07) is 8.89. The van der Waals surface area contributed by atoms with Crippen LogP contribution in [0.25, 0.3) is 0 Å². The lowest BCUT2D eigenvalue weighted by Gasteiger charge is -2.26. The van der Waals surface area contributed by atoms with Gasteiger partial charge in [0, 0.05) is 13.6 Å². The van der Waals surface area contributed by atoms with E-state index in [1.165, 1.54) is 18.7 Å². The summed E-state index contributed by atoms with van der Waals surface area (Å²) in [5.74, 6) is -1.63. The summed E-state index contributed by atoms with van der Waals surface area (Å²) in [5, 5.41) is 17.8. The van der Waals surface area contributed by atoms with Crippen LogP contribution in [0, 0.1) is 16.7 Å². The molecule has 5 heteroatoms. The highest BCUT2D eigenvalue weighted by Gasteiger charge is 2.38. The molecule has 0 fully saturated rings. The molecule has 0 aromatic heterocycles. The number of hydrogen-bond donors (Lipinski definition) is 1. The maximum atomic E-state index is 12.0. The minimum absolute atomic E-state index is 0.269. The van der Waals surface area contributed by atoms with Crippen LogP contribution in [0.3, 0.4) is 0 Å². The normalized spacial score (nSPS) is 10.6. The average molecular weight is 260 g/mol.